The Balaban J connectivity index is 2.02. The molecule has 0 radical (unpaired) electrons. The molecular formula is C14H15N3O2. The Bertz CT molecular complexity index is 600. The summed E-state index contributed by atoms with van der Waals surface area (Å²) in [6.07, 6.45) is 0.883. The van der Waals surface area contributed by atoms with E-state index in [1.165, 1.54) is 0 Å². The molecule has 5 heteroatoms. The highest BCUT2D eigenvalue weighted by Crippen LogP contribution is 2.50. The fraction of sp³-hybridized carbons (Fsp3) is 0.429. The van der Waals surface area contributed by atoms with E-state index in [0.717, 1.165) is 24.1 Å². The Morgan fingerprint density at radius 2 is 2.05 bits per heavy atom. The summed E-state index contributed by atoms with van der Waals surface area (Å²) in [6, 6.07) is 7.65. The number of fused-ring (bicyclic) bond motifs is 1. The number of hydrazine groups is 1. The van der Waals surface area contributed by atoms with Crippen LogP contribution in [0.2, 0.25) is 0 Å². The second-order valence-corrected chi connectivity index (χ2v) is 5.43. The molecule has 2 amide bonds. The van der Waals surface area contributed by atoms with Crippen LogP contribution in [0.4, 0.5) is 0 Å². The van der Waals surface area contributed by atoms with Gasteiger partial charge in [0.2, 0.25) is 5.91 Å². The minimum Gasteiger partial charge on any atom is -0.314 e. The van der Waals surface area contributed by atoms with Crippen LogP contribution in [-0.2, 0) is 10.5 Å². The standard InChI is InChI=1S/C14H15N3O2/c1-9-12(18)15-17-8-4-7-16-13(19)10-5-2-3-6-11(10)14(9,16)17/h2-3,5-6,9H,4,7-8H2,1H3,(H,15,18)/t9-,14+/m1/s1. The lowest BCUT2D eigenvalue weighted by Gasteiger charge is -2.47. The maximum Gasteiger partial charge on any atom is 0.256 e. The molecule has 5 nitrogen and oxygen atoms in total. The van der Waals surface area contributed by atoms with E-state index in [1.807, 2.05) is 41.1 Å². The maximum atomic E-state index is 12.6. The Kier molecular flexibility index (Phi) is 1.94. The third kappa shape index (κ3) is 1.06. The van der Waals surface area contributed by atoms with Gasteiger partial charge in [-0.2, -0.15) is 5.01 Å². The van der Waals surface area contributed by atoms with Gasteiger partial charge in [-0.15, -0.1) is 0 Å². The van der Waals surface area contributed by atoms with Crippen molar-refractivity contribution in [3.63, 3.8) is 0 Å². The van der Waals surface area contributed by atoms with Crippen molar-refractivity contribution in [1.82, 2.24) is 15.3 Å². The number of nitrogens with one attached hydrogen (secondary N) is 1. The van der Waals surface area contributed by atoms with Crippen molar-refractivity contribution in [1.29, 1.82) is 0 Å². The second kappa shape index (κ2) is 3.36. The summed E-state index contributed by atoms with van der Waals surface area (Å²) in [5.74, 6) is -0.208. The summed E-state index contributed by atoms with van der Waals surface area (Å²) >= 11 is 0. The number of rotatable bonds is 0. The van der Waals surface area contributed by atoms with Crippen molar-refractivity contribution in [2.75, 3.05) is 13.1 Å². The van der Waals surface area contributed by atoms with Crippen LogP contribution >= 0.6 is 0 Å². The molecule has 3 aliphatic heterocycles. The van der Waals surface area contributed by atoms with Crippen molar-refractivity contribution in [2.45, 2.75) is 19.0 Å². The number of nitrogens with zero attached hydrogens (tertiary/aromatic N) is 2. The van der Waals surface area contributed by atoms with Crippen LogP contribution in [0.3, 0.4) is 0 Å². The van der Waals surface area contributed by atoms with Gasteiger partial charge in [-0.3, -0.25) is 15.0 Å². The van der Waals surface area contributed by atoms with Crippen molar-refractivity contribution in [3.05, 3.63) is 35.4 Å². The highest BCUT2D eigenvalue weighted by Gasteiger charge is 2.63. The van der Waals surface area contributed by atoms with Gasteiger partial charge in [0.25, 0.3) is 5.91 Å². The molecule has 98 valence electrons. The highest BCUT2D eigenvalue weighted by molar-refractivity contribution is 6.01. The first-order valence-corrected chi connectivity index (χ1v) is 6.67. The van der Waals surface area contributed by atoms with E-state index < -0.39 is 5.66 Å². The summed E-state index contributed by atoms with van der Waals surface area (Å²) in [5, 5.41) is 1.95. The van der Waals surface area contributed by atoms with Crippen LogP contribution in [0.25, 0.3) is 0 Å². The first-order chi connectivity index (χ1) is 9.17. The van der Waals surface area contributed by atoms with Crippen LogP contribution in [0.5, 0.6) is 0 Å². The van der Waals surface area contributed by atoms with Gasteiger partial charge in [0.15, 0.2) is 5.66 Å². The fourth-order valence-corrected chi connectivity index (χ4v) is 3.81. The van der Waals surface area contributed by atoms with Crippen LogP contribution in [-0.4, -0.2) is 34.8 Å². The fourth-order valence-electron chi connectivity index (χ4n) is 3.81. The summed E-state index contributed by atoms with van der Waals surface area (Å²) in [4.78, 5) is 26.5. The second-order valence-electron chi connectivity index (χ2n) is 5.43. The van der Waals surface area contributed by atoms with Gasteiger partial charge in [0, 0.05) is 24.2 Å². The van der Waals surface area contributed by atoms with E-state index >= 15 is 0 Å². The largest absolute Gasteiger partial charge is 0.314 e. The van der Waals surface area contributed by atoms with Gasteiger partial charge in [-0.1, -0.05) is 18.2 Å². The monoisotopic (exact) mass is 257 g/mol. The molecule has 1 aromatic carbocycles. The van der Waals surface area contributed by atoms with Gasteiger partial charge >= 0.3 is 0 Å². The van der Waals surface area contributed by atoms with E-state index in [4.69, 9.17) is 0 Å². The van der Waals surface area contributed by atoms with E-state index in [-0.39, 0.29) is 17.7 Å². The number of benzene rings is 1. The zero-order valence-corrected chi connectivity index (χ0v) is 10.7. The zero-order valence-electron chi connectivity index (χ0n) is 10.7. The van der Waals surface area contributed by atoms with Gasteiger partial charge in [0.05, 0.1) is 5.92 Å². The highest BCUT2D eigenvalue weighted by atomic mass is 16.2. The Labute approximate surface area is 111 Å². The van der Waals surface area contributed by atoms with Crippen molar-refractivity contribution in [2.24, 2.45) is 5.92 Å². The SMILES string of the molecule is C[C@@H]1C(=O)NN2CCCN3C(=O)c4ccccc4[C@]123. The summed E-state index contributed by atoms with van der Waals surface area (Å²) in [7, 11) is 0. The van der Waals surface area contributed by atoms with Gasteiger partial charge in [0.1, 0.15) is 0 Å². The predicted molar refractivity (Wildman–Crippen MR) is 67.8 cm³/mol. The van der Waals surface area contributed by atoms with E-state index in [2.05, 4.69) is 5.43 Å². The number of carbonyl (C=O) groups excluding carboxylic acids is 2. The molecule has 0 aromatic heterocycles. The van der Waals surface area contributed by atoms with E-state index in [9.17, 15) is 9.59 Å². The van der Waals surface area contributed by atoms with Crippen molar-refractivity contribution >= 4 is 11.8 Å². The molecule has 0 bridgehead atoms. The van der Waals surface area contributed by atoms with Crippen LogP contribution in [0, 0.1) is 5.92 Å². The molecule has 1 aromatic rings. The number of hydrogen-bond donors (Lipinski definition) is 1. The number of carbonyl (C=O) groups is 2. The molecule has 2 atom stereocenters. The molecule has 0 aliphatic carbocycles. The quantitative estimate of drug-likeness (QED) is 0.743. The minimum atomic E-state index is -0.608. The molecule has 3 aliphatic rings. The summed E-state index contributed by atoms with van der Waals surface area (Å²) in [6.45, 7) is 3.40. The Morgan fingerprint density at radius 1 is 1.26 bits per heavy atom. The maximum absolute atomic E-state index is 12.6. The van der Waals surface area contributed by atoms with Crippen LogP contribution in [0.1, 0.15) is 29.3 Å². The average Bonchev–Trinajstić information content (AvgIpc) is 2.85. The summed E-state index contributed by atoms with van der Waals surface area (Å²) < 4.78 is 0. The first kappa shape index (κ1) is 11.0. The molecule has 3 heterocycles. The topological polar surface area (TPSA) is 52.7 Å². The van der Waals surface area contributed by atoms with E-state index in [1.54, 1.807) is 0 Å². The number of hydrogen-bond acceptors (Lipinski definition) is 3. The lowest BCUT2D eigenvalue weighted by molar-refractivity contribution is -0.123. The molecule has 19 heavy (non-hydrogen) atoms. The molecule has 1 N–H and O–H groups in total. The molecular weight excluding hydrogens is 242 g/mol. The van der Waals surface area contributed by atoms with Gasteiger partial charge < -0.3 is 4.90 Å². The molecule has 0 saturated carbocycles. The minimum absolute atomic E-state index is 0.00333. The first-order valence-electron chi connectivity index (χ1n) is 6.67. The van der Waals surface area contributed by atoms with Gasteiger partial charge in [-0.05, 0) is 19.4 Å². The zero-order chi connectivity index (χ0) is 13.2. The number of amides is 2. The lowest BCUT2D eigenvalue weighted by Crippen LogP contribution is -2.61. The van der Waals surface area contributed by atoms with Crippen molar-refractivity contribution < 1.29 is 9.59 Å². The predicted octanol–water partition coefficient (Wildman–Crippen LogP) is 0.682. The van der Waals surface area contributed by atoms with E-state index in [0.29, 0.717) is 6.54 Å². The smallest absolute Gasteiger partial charge is 0.256 e. The van der Waals surface area contributed by atoms with Gasteiger partial charge in [-0.25, -0.2) is 0 Å². The Hall–Kier alpha value is -1.88. The lowest BCUT2D eigenvalue weighted by atomic mass is 9.86. The molecule has 2 saturated heterocycles. The normalized spacial score (nSPS) is 32.9. The third-order valence-electron chi connectivity index (χ3n) is 4.63. The molecule has 0 unspecified atom stereocenters. The van der Waals surface area contributed by atoms with Crippen LogP contribution < -0.4 is 5.43 Å². The van der Waals surface area contributed by atoms with Crippen LogP contribution in [0.15, 0.2) is 24.3 Å². The molecule has 4 rings (SSSR count). The van der Waals surface area contributed by atoms with Crippen molar-refractivity contribution in [3.8, 4) is 0 Å². The third-order valence-corrected chi connectivity index (χ3v) is 4.63. The Morgan fingerprint density at radius 3 is 2.89 bits per heavy atom. The molecule has 1 spiro atoms. The molecule has 2 fully saturated rings. The summed E-state index contributed by atoms with van der Waals surface area (Å²) in [5.41, 5.74) is 4.02. The average molecular weight is 257 g/mol.